The fraction of sp³-hybridized carbons (Fsp3) is 0.125. The van der Waals surface area contributed by atoms with E-state index in [1.54, 1.807) is 11.3 Å². The number of carboxylic acid groups (broad SMARTS) is 1. The van der Waals surface area contributed by atoms with E-state index in [1.807, 2.05) is 11.4 Å². The quantitative estimate of drug-likeness (QED) is 0.532. The van der Waals surface area contributed by atoms with E-state index in [2.05, 4.69) is 32.6 Å². The molecule has 0 atom stereocenters. The number of rotatable bonds is 0. The summed E-state index contributed by atoms with van der Waals surface area (Å²) in [5, 5.41) is 9.09. The summed E-state index contributed by atoms with van der Waals surface area (Å²) >= 11 is 3.62. The monoisotopic (exact) mass is 391 g/mol. The molecule has 0 fully saturated rings. The molecule has 2 rings (SSSR count). The molecule has 2 heterocycles. The molecular formula is C8H5F3IN3O2S. The lowest BCUT2D eigenvalue weighted by Crippen LogP contribution is -2.21. The number of hydrogen-bond acceptors (Lipinski definition) is 5. The van der Waals surface area contributed by atoms with E-state index >= 15 is 0 Å². The molecule has 0 aliphatic rings. The van der Waals surface area contributed by atoms with Gasteiger partial charge in [-0.25, -0.2) is 14.8 Å². The molecule has 0 unspecified atom stereocenters. The minimum absolute atomic E-state index is 0.578. The SMILES string of the molecule is Nc1nc(I)nc2ccsc12.O=C(O)C(F)(F)F. The molecule has 0 spiro atoms. The number of alkyl halides is 3. The number of nitrogens with zero attached hydrogens (tertiary/aromatic N) is 2. The predicted octanol–water partition coefficient (Wildman–Crippen LogP) is 2.51. The van der Waals surface area contributed by atoms with Crippen LogP contribution in [0.3, 0.4) is 0 Å². The molecule has 18 heavy (non-hydrogen) atoms. The molecule has 0 aromatic carbocycles. The van der Waals surface area contributed by atoms with Gasteiger partial charge in [-0.15, -0.1) is 11.3 Å². The van der Waals surface area contributed by atoms with E-state index in [0.717, 1.165) is 10.2 Å². The Morgan fingerprint density at radius 1 is 1.44 bits per heavy atom. The third-order valence-electron chi connectivity index (χ3n) is 1.55. The third kappa shape index (κ3) is 3.94. The molecular weight excluding hydrogens is 386 g/mol. The average Bonchev–Trinajstić information content (AvgIpc) is 2.64. The molecule has 10 heteroatoms. The van der Waals surface area contributed by atoms with Crippen LogP contribution < -0.4 is 5.73 Å². The Hall–Kier alpha value is -1.17. The van der Waals surface area contributed by atoms with E-state index in [-0.39, 0.29) is 0 Å². The van der Waals surface area contributed by atoms with Gasteiger partial charge >= 0.3 is 12.1 Å². The standard InChI is InChI=1S/C6H4IN3S.C2HF3O2/c7-6-9-3-1-2-11-4(3)5(8)10-6;3-2(4,5)1(6)7/h1-2H,(H2,8,9,10);(H,6,7). The lowest BCUT2D eigenvalue weighted by molar-refractivity contribution is -0.192. The van der Waals surface area contributed by atoms with Gasteiger partial charge in [0.1, 0.15) is 5.82 Å². The largest absolute Gasteiger partial charge is 0.490 e. The molecule has 3 N–H and O–H groups in total. The maximum atomic E-state index is 10.6. The summed E-state index contributed by atoms with van der Waals surface area (Å²) in [6.07, 6.45) is -5.08. The summed E-state index contributed by atoms with van der Waals surface area (Å²) in [6.45, 7) is 0. The predicted molar refractivity (Wildman–Crippen MR) is 68.2 cm³/mol. The Balaban J connectivity index is 0.000000203. The van der Waals surface area contributed by atoms with Gasteiger partial charge in [0.2, 0.25) is 0 Å². The number of hydrogen-bond donors (Lipinski definition) is 2. The molecule has 0 saturated heterocycles. The van der Waals surface area contributed by atoms with Gasteiger partial charge in [0.15, 0.2) is 3.83 Å². The molecule has 0 amide bonds. The maximum Gasteiger partial charge on any atom is 0.490 e. The van der Waals surface area contributed by atoms with Gasteiger partial charge in [-0.2, -0.15) is 13.2 Å². The molecule has 0 aliphatic heterocycles. The van der Waals surface area contributed by atoms with E-state index in [4.69, 9.17) is 15.6 Å². The summed E-state index contributed by atoms with van der Waals surface area (Å²) in [7, 11) is 0. The van der Waals surface area contributed by atoms with Crippen LogP contribution in [0.25, 0.3) is 10.2 Å². The Kier molecular flexibility index (Phi) is 4.67. The smallest absolute Gasteiger partial charge is 0.475 e. The van der Waals surface area contributed by atoms with Gasteiger partial charge in [0.25, 0.3) is 0 Å². The van der Waals surface area contributed by atoms with Crippen LogP contribution in [0.4, 0.5) is 19.0 Å². The maximum absolute atomic E-state index is 10.6. The van der Waals surface area contributed by atoms with Gasteiger partial charge in [0.05, 0.1) is 10.2 Å². The molecule has 2 aromatic rings. The third-order valence-corrected chi connectivity index (χ3v) is 2.95. The van der Waals surface area contributed by atoms with Gasteiger partial charge in [0, 0.05) is 22.6 Å². The molecule has 0 radical (unpaired) electrons. The van der Waals surface area contributed by atoms with Crippen LogP contribution in [0.5, 0.6) is 0 Å². The number of halogens is 4. The van der Waals surface area contributed by atoms with Gasteiger partial charge < -0.3 is 10.8 Å². The summed E-state index contributed by atoms with van der Waals surface area (Å²) in [5.41, 5.74) is 6.59. The number of nitrogen functional groups attached to an aromatic ring is 1. The first-order valence-electron chi connectivity index (χ1n) is 4.18. The summed E-state index contributed by atoms with van der Waals surface area (Å²) in [5.74, 6) is -2.18. The first-order valence-corrected chi connectivity index (χ1v) is 6.14. The Bertz CT molecular complexity index is 572. The lowest BCUT2D eigenvalue weighted by atomic mass is 10.4. The number of fused-ring (bicyclic) bond motifs is 1. The van der Waals surface area contributed by atoms with Crippen molar-refractivity contribution in [3.8, 4) is 0 Å². The minimum atomic E-state index is -5.08. The van der Waals surface area contributed by atoms with E-state index in [9.17, 15) is 13.2 Å². The van der Waals surface area contributed by atoms with E-state index in [0.29, 0.717) is 9.65 Å². The summed E-state index contributed by atoms with van der Waals surface area (Å²) < 4.78 is 33.4. The highest BCUT2D eigenvalue weighted by molar-refractivity contribution is 14.1. The Morgan fingerprint density at radius 2 is 2.00 bits per heavy atom. The van der Waals surface area contributed by atoms with Crippen molar-refractivity contribution in [2.45, 2.75) is 6.18 Å². The first-order chi connectivity index (χ1) is 8.21. The van der Waals surface area contributed by atoms with Crippen molar-refractivity contribution >= 4 is 55.9 Å². The van der Waals surface area contributed by atoms with Gasteiger partial charge in [-0.3, -0.25) is 0 Å². The molecule has 0 bridgehead atoms. The number of thiophene rings is 1. The van der Waals surface area contributed by atoms with Crippen molar-refractivity contribution in [3.05, 3.63) is 15.3 Å². The van der Waals surface area contributed by atoms with Crippen LogP contribution in [0.2, 0.25) is 0 Å². The zero-order valence-corrected chi connectivity index (χ0v) is 11.4. The number of aliphatic carboxylic acids is 1. The number of nitrogens with two attached hydrogens (primary N) is 1. The van der Waals surface area contributed by atoms with Crippen LogP contribution in [-0.4, -0.2) is 27.2 Å². The second-order valence-electron chi connectivity index (χ2n) is 2.82. The second-order valence-corrected chi connectivity index (χ2v) is 4.70. The number of aromatic nitrogens is 2. The fourth-order valence-electron chi connectivity index (χ4n) is 0.857. The van der Waals surface area contributed by atoms with Crippen molar-refractivity contribution in [1.82, 2.24) is 9.97 Å². The molecule has 2 aromatic heterocycles. The molecule has 98 valence electrons. The average molecular weight is 391 g/mol. The van der Waals surface area contributed by atoms with Gasteiger partial charge in [-0.1, -0.05) is 0 Å². The van der Waals surface area contributed by atoms with E-state index < -0.39 is 12.1 Å². The van der Waals surface area contributed by atoms with Crippen molar-refractivity contribution in [2.24, 2.45) is 0 Å². The number of carboxylic acids is 1. The van der Waals surface area contributed by atoms with Crippen molar-refractivity contribution < 1.29 is 23.1 Å². The van der Waals surface area contributed by atoms with Crippen LogP contribution in [0.1, 0.15) is 0 Å². The highest BCUT2D eigenvalue weighted by Gasteiger charge is 2.38. The van der Waals surface area contributed by atoms with Crippen LogP contribution in [0, 0.1) is 3.83 Å². The topological polar surface area (TPSA) is 89.1 Å². The van der Waals surface area contributed by atoms with E-state index in [1.165, 1.54) is 0 Å². The van der Waals surface area contributed by atoms with Gasteiger partial charge in [-0.05, 0) is 11.4 Å². The first kappa shape index (κ1) is 14.9. The zero-order valence-electron chi connectivity index (χ0n) is 8.40. The second kappa shape index (κ2) is 5.65. The van der Waals surface area contributed by atoms with Crippen LogP contribution >= 0.6 is 33.9 Å². The zero-order chi connectivity index (χ0) is 13.9. The highest BCUT2D eigenvalue weighted by Crippen LogP contribution is 2.23. The Morgan fingerprint density at radius 3 is 2.50 bits per heavy atom. The van der Waals surface area contributed by atoms with Crippen molar-refractivity contribution in [2.75, 3.05) is 5.73 Å². The normalized spacial score (nSPS) is 10.9. The number of anilines is 1. The number of carbonyl (C=O) groups is 1. The van der Waals surface area contributed by atoms with Crippen LogP contribution in [-0.2, 0) is 4.79 Å². The molecule has 5 nitrogen and oxygen atoms in total. The molecule has 0 saturated carbocycles. The van der Waals surface area contributed by atoms with Crippen molar-refractivity contribution in [1.29, 1.82) is 0 Å². The lowest BCUT2D eigenvalue weighted by Gasteiger charge is -1.94. The van der Waals surface area contributed by atoms with Crippen LogP contribution in [0.15, 0.2) is 11.4 Å². The minimum Gasteiger partial charge on any atom is -0.475 e. The molecule has 0 aliphatic carbocycles. The fourth-order valence-corrected chi connectivity index (χ4v) is 2.11. The summed E-state index contributed by atoms with van der Waals surface area (Å²) in [6, 6.07) is 1.94. The Labute approximate surface area is 116 Å². The van der Waals surface area contributed by atoms with Crippen molar-refractivity contribution in [3.63, 3.8) is 0 Å². The summed E-state index contributed by atoms with van der Waals surface area (Å²) in [4.78, 5) is 17.1. The highest BCUT2D eigenvalue weighted by atomic mass is 127.